The first-order valence-electron chi connectivity index (χ1n) is 4.81. The number of nitrogens with one attached hydrogen (secondary N) is 1. The molecular weight excluding hydrogens is 284 g/mol. The molecule has 0 amide bonds. The summed E-state index contributed by atoms with van der Waals surface area (Å²) in [6, 6.07) is -3.96. The Morgan fingerprint density at radius 2 is 1.11 bits per heavy atom. The summed E-state index contributed by atoms with van der Waals surface area (Å²) in [6.45, 7) is -1.51. The van der Waals surface area contributed by atoms with Gasteiger partial charge in [-0.25, -0.2) is 0 Å². The summed E-state index contributed by atoms with van der Waals surface area (Å²) < 4.78 is 71.3. The van der Waals surface area contributed by atoms with Crippen molar-refractivity contribution in [2.24, 2.45) is 11.5 Å². The Hall–Kier alpha value is -1.20. The molecule has 0 aliphatic rings. The summed E-state index contributed by atoms with van der Waals surface area (Å²) in [6.07, 6.45) is -10.3. The van der Waals surface area contributed by atoms with Crippen LogP contribution in [0.25, 0.3) is 0 Å². The van der Waals surface area contributed by atoms with Crippen LogP contribution in [0.3, 0.4) is 0 Å². The Balaban J connectivity index is 4.18. The molecule has 0 bridgehead atoms. The average molecular weight is 295 g/mol. The van der Waals surface area contributed by atoms with Crippen molar-refractivity contribution < 1.29 is 35.9 Å². The smallest absolute Gasteiger partial charge is 0.320 e. The van der Waals surface area contributed by atoms with E-state index in [0.29, 0.717) is 0 Å². The fourth-order valence-electron chi connectivity index (χ4n) is 1.00. The predicted molar refractivity (Wildman–Crippen MR) is 50.9 cm³/mol. The zero-order valence-corrected chi connectivity index (χ0v) is 9.31. The third-order valence-corrected chi connectivity index (χ3v) is 1.96. The lowest BCUT2D eigenvalue weighted by Crippen LogP contribution is -2.51. The van der Waals surface area contributed by atoms with Crippen molar-refractivity contribution in [2.75, 3.05) is 13.1 Å². The molecule has 11 heteroatoms. The first-order chi connectivity index (χ1) is 8.37. The van der Waals surface area contributed by atoms with Gasteiger partial charge in [0.2, 0.25) is 0 Å². The van der Waals surface area contributed by atoms with Gasteiger partial charge in [-0.3, -0.25) is 9.59 Å². The summed E-state index contributed by atoms with van der Waals surface area (Å²) >= 11 is 0. The summed E-state index contributed by atoms with van der Waals surface area (Å²) in [5.74, 6) is -4.45. The zero-order chi connectivity index (χ0) is 15.4. The van der Waals surface area contributed by atoms with Gasteiger partial charge in [0.05, 0.1) is 12.1 Å². The molecule has 0 aromatic carbocycles. The molecule has 5 nitrogen and oxygen atoms in total. The van der Waals surface area contributed by atoms with E-state index in [2.05, 4.69) is 0 Å². The molecule has 0 saturated carbocycles. The molecule has 112 valence electrons. The number of rotatable bonds is 6. The van der Waals surface area contributed by atoms with Crippen molar-refractivity contribution in [3.05, 3.63) is 0 Å². The lowest BCUT2D eigenvalue weighted by Gasteiger charge is -2.16. The van der Waals surface area contributed by atoms with Gasteiger partial charge in [0, 0.05) is 13.1 Å². The first kappa shape index (κ1) is 17.8. The van der Waals surface area contributed by atoms with Gasteiger partial charge in [-0.15, -0.1) is 0 Å². The number of halogens is 6. The molecule has 0 aromatic rings. The summed E-state index contributed by atoms with van der Waals surface area (Å²) in [5.41, 5.74) is 9.74. The van der Waals surface area contributed by atoms with Gasteiger partial charge in [-0.2, -0.15) is 26.3 Å². The number of nitrogens with two attached hydrogens (primary N) is 2. The van der Waals surface area contributed by atoms with Gasteiger partial charge >= 0.3 is 12.4 Å². The number of carbonyl (C=O) groups excluding carboxylic acids is 2. The monoisotopic (exact) mass is 295 g/mol. The van der Waals surface area contributed by atoms with E-state index >= 15 is 0 Å². The van der Waals surface area contributed by atoms with Crippen molar-refractivity contribution in [2.45, 2.75) is 24.4 Å². The van der Waals surface area contributed by atoms with Crippen LogP contribution in [-0.4, -0.2) is 49.1 Å². The SMILES string of the molecule is NC(CNCC(N)C(=O)C(F)(F)F)C(=O)C(F)(F)F. The maximum Gasteiger partial charge on any atom is 0.451 e. The summed E-state index contributed by atoms with van der Waals surface area (Å²) in [5, 5.41) is 2.00. The Labute approximate surface area is 103 Å². The molecule has 0 aliphatic heterocycles. The highest BCUT2D eigenvalue weighted by atomic mass is 19.4. The molecule has 19 heavy (non-hydrogen) atoms. The molecule has 0 heterocycles. The van der Waals surface area contributed by atoms with Crippen molar-refractivity contribution >= 4 is 11.6 Å². The zero-order valence-electron chi connectivity index (χ0n) is 9.31. The minimum atomic E-state index is -5.13. The largest absolute Gasteiger partial charge is 0.451 e. The molecule has 0 fully saturated rings. The molecule has 0 aliphatic carbocycles. The van der Waals surface area contributed by atoms with Gasteiger partial charge in [0.1, 0.15) is 0 Å². The normalized spacial score (nSPS) is 16.0. The lowest BCUT2D eigenvalue weighted by atomic mass is 10.1. The molecule has 0 spiro atoms. The second-order valence-electron chi connectivity index (χ2n) is 3.60. The number of hydrogen-bond donors (Lipinski definition) is 3. The molecular formula is C8H11F6N3O2. The van der Waals surface area contributed by atoms with E-state index in [9.17, 15) is 35.9 Å². The van der Waals surface area contributed by atoms with E-state index < -0.39 is 49.1 Å². The van der Waals surface area contributed by atoms with Crippen LogP contribution in [0, 0.1) is 0 Å². The Bertz CT molecular complexity index is 308. The number of ketones is 2. The average Bonchev–Trinajstić information content (AvgIpc) is 2.23. The van der Waals surface area contributed by atoms with Crippen LogP contribution in [0.4, 0.5) is 26.3 Å². The predicted octanol–water partition coefficient (Wildman–Crippen LogP) is -0.507. The fraction of sp³-hybridized carbons (Fsp3) is 0.750. The highest BCUT2D eigenvalue weighted by Crippen LogP contribution is 2.18. The summed E-state index contributed by atoms with van der Waals surface area (Å²) in [4.78, 5) is 21.1. The van der Waals surface area contributed by atoms with Crippen LogP contribution < -0.4 is 16.8 Å². The van der Waals surface area contributed by atoms with Crippen LogP contribution in [0.15, 0.2) is 0 Å². The maximum atomic E-state index is 11.9. The molecule has 0 radical (unpaired) electrons. The minimum absolute atomic E-state index is 0.753. The van der Waals surface area contributed by atoms with Crippen LogP contribution in [-0.2, 0) is 9.59 Å². The maximum absolute atomic E-state index is 11.9. The highest BCUT2D eigenvalue weighted by Gasteiger charge is 2.43. The van der Waals surface area contributed by atoms with Crippen molar-refractivity contribution in [1.82, 2.24) is 5.32 Å². The van der Waals surface area contributed by atoms with Crippen molar-refractivity contribution in [3.63, 3.8) is 0 Å². The van der Waals surface area contributed by atoms with Crippen molar-refractivity contribution in [1.29, 1.82) is 0 Å². The molecule has 0 saturated heterocycles. The topological polar surface area (TPSA) is 98.2 Å². The highest BCUT2D eigenvalue weighted by molar-refractivity contribution is 5.89. The third-order valence-electron chi connectivity index (χ3n) is 1.96. The van der Waals surface area contributed by atoms with E-state index in [4.69, 9.17) is 11.5 Å². The molecule has 2 unspecified atom stereocenters. The quantitative estimate of drug-likeness (QED) is 0.574. The van der Waals surface area contributed by atoms with Gasteiger partial charge in [0.25, 0.3) is 11.6 Å². The number of Topliss-reactive ketones (excluding diaryl/α,β-unsaturated/α-hetero) is 2. The minimum Gasteiger partial charge on any atom is -0.320 e. The van der Waals surface area contributed by atoms with Gasteiger partial charge in [0.15, 0.2) is 0 Å². The molecule has 2 atom stereocenters. The van der Waals surface area contributed by atoms with Gasteiger partial charge in [-0.1, -0.05) is 0 Å². The standard InChI is InChI=1S/C8H11F6N3O2/c9-7(10,11)5(18)3(15)1-17-2-4(16)6(19)8(12,13)14/h3-4,17H,1-2,15-16H2. The van der Waals surface area contributed by atoms with E-state index in [1.165, 1.54) is 0 Å². The number of hydrogen-bond acceptors (Lipinski definition) is 5. The summed E-state index contributed by atoms with van der Waals surface area (Å²) in [7, 11) is 0. The Kier molecular flexibility index (Phi) is 5.90. The Morgan fingerprint density at radius 3 is 1.32 bits per heavy atom. The number of alkyl halides is 6. The second-order valence-corrected chi connectivity index (χ2v) is 3.60. The fourth-order valence-corrected chi connectivity index (χ4v) is 1.00. The van der Waals surface area contributed by atoms with Gasteiger partial charge < -0.3 is 16.8 Å². The molecule has 5 N–H and O–H groups in total. The van der Waals surface area contributed by atoms with E-state index in [1.54, 1.807) is 0 Å². The first-order valence-corrected chi connectivity index (χ1v) is 4.81. The second kappa shape index (κ2) is 6.30. The van der Waals surface area contributed by atoms with Crippen LogP contribution in [0.2, 0.25) is 0 Å². The van der Waals surface area contributed by atoms with Crippen molar-refractivity contribution in [3.8, 4) is 0 Å². The third kappa shape index (κ3) is 5.98. The molecule has 0 rings (SSSR count). The van der Waals surface area contributed by atoms with E-state index in [-0.39, 0.29) is 0 Å². The Morgan fingerprint density at radius 1 is 0.842 bits per heavy atom. The molecule has 0 aromatic heterocycles. The van der Waals surface area contributed by atoms with Crippen LogP contribution in [0.5, 0.6) is 0 Å². The van der Waals surface area contributed by atoms with E-state index in [0.717, 1.165) is 0 Å². The van der Waals surface area contributed by atoms with Crippen LogP contribution >= 0.6 is 0 Å². The lowest BCUT2D eigenvalue weighted by molar-refractivity contribution is -0.172. The van der Waals surface area contributed by atoms with Gasteiger partial charge in [-0.05, 0) is 0 Å². The van der Waals surface area contributed by atoms with Crippen LogP contribution in [0.1, 0.15) is 0 Å². The van der Waals surface area contributed by atoms with E-state index in [1.807, 2.05) is 5.32 Å². The number of carbonyl (C=O) groups is 2.